The molecule has 1 amide bonds. The number of hydrogen-bond donors (Lipinski definition) is 1. The van der Waals surface area contributed by atoms with Gasteiger partial charge in [-0.2, -0.15) is 0 Å². The first-order valence-electron chi connectivity index (χ1n) is 7.82. The molecule has 1 atom stereocenters. The summed E-state index contributed by atoms with van der Waals surface area (Å²) in [6.45, 7) is 5.35. The largest absolute Gasteiger partial charge is 0.324 e. The van der Waals surface area contributed by atoms with Crippen LogP contribution in [0.25, 0.3) is 0 Å². The zero-order valence-electron chi connectivity index (χ0n) is 14.9. The fourth-order valence-electron chi connectivity index (χ4n) is 2.54. The van der Waals surface area contributed by atoms with Crippen molar-refractivity contribution in [2.24, 2.45) is 0 Å². The first kappa shape index (κ1) is 20.6. The number of carbonyl (C=O) groups excluding carboxylic acids is 1. The molecular formula is C18H20Cl2N2O3S. The highest BCUT2D eigenvalue weighted by Gasteiger charge is 2.29. The van der Waals surface area contributed by atoms with Crippen molar-refractivity contribution in [3.8, 4) is 0 Å². The highest BCUT2D eigenvalue weighted by molar-refractivity contribution is 7.92. The Hall–Kier alpha value is -1.76. The second kappa shape index (κ2) is 7.86. The van der Waals surface area contributed by atoms with Crippen molar-refractivity contribution in [1.29, 1.82) is 0 Å². The van der Waals surface area contributed by atoms with Crippen LogP contribution in [0.5, 0.6) is 0 Å². The van der Waals surface area contributed by atoms with Crippen molar-refractivity contribution in [3.05, 3.63) is 57.6 Å². The summed E-state index contributed by atoms with van der Waals surface area (Å²) in [5.41, 5.74) is 2.80. The number of sulfonamides is 1. The fraction of sp³-hybridized carbons (Fsp3) is 0.278. The van der Waals surface area contributed by atoms with Crippen LogP contribution < -0.4 is 9.62 Å². The molecule has 0 bridgehead atoms. The van der Waals surface area contributed by atoms with Crippen LogP contribution in [0.1, 0.15) is 18.1 Å². The molecule has 140 valence electrons. The molecule has 1 N–H and O–H groups in total. The normalized spacial score (nSPS) is 12.5. The topological polar surface area (TPSA) is 66.5 Å². The molecule has 8 heteroatoms. The van der Waals surface area contributed by atoms with Crippen LogP contribution in [0.15, 0.2) is 36.4 Å². The first-order chi connectivity index (χ1) is 12.0. The highest BCUT2D eigenvalue weighted by atomic mass is 35.5. The van der Waals surface area contributed by atoms with Gasteiger partial charge < -0.3 is 5.32 Å². The van der Waals surface area contributed by atoms with Gasteiger partial charge in [0, 0.05) is 15.7 Å². The Kier molecular flexibility index (Phi) is 6.21. The van der Waals surface area contributed by atoms with Gasteiger partial charge in [-0.1, -0.05) is 29.3 Å². The van der Waals surface area contributed by atoms with Crippen LogP contribution in [0.3, 0.4) is 0 Å². The van der Waals surface area contributed by atoms with E-state index in [0.717, 1.165) is 21.7 Å². The lowest BCUT2D eigenvalue weighted by Gasteiger charge is -2.28. The third kappa shape index (κ3) is 4.90. The van der Waals surface area contributed by atoms with E-state index in [1.54, 1.807) is 30.3 Å². The minimum absolute atomic E-state index is 0.370. The zero-order valence-corrected chi connectivity index (χ0v) is 17.2. The molecule has 0 fully saturated rings. The number of rotatable bonds is 5. The molecule has 0 heterocycles. The summed E-state index contributed by atoms with van der Waals surface area (Å²) in [5, 5.41) is 3.40. The summed E-state index contributed by atoms with van der Waals surface area (Å²) in [6.07, 6.45) is 1.07. The summed E-state index contributed by atoms with van der Waals surface area (Å²) in [5.74, 6) is -0.494. The predicted octanol–water partition coefficient (Wildman–Crippen LogP) is 4.40. The van der Waals surface area contributed by atoms with Gasteiger partial charge in [0.05, 0.1) is 11.9 Å². The van der Waals surface area contributed by atoms with Crippen LogP contribution in [-0.2, 0) is 14.8 Å². The third-order valence-corrected chi connectivity index (χ3v) is 5.64. The van der Waals surface area contributed by atoms with Gasteiger partial charge in [0.1, 0.15) is 6.04 Å². The minimum atomic E-state index is -3.68. The number of benzene rings is 2. The zero-order chi connectivity index (χ0) is 19.6. The van der Waals surface area contributed by atoms with Crippen LogP contribution in [0.4, 0.5) is 11.4 Å². The third-order valence-electron chi connectivity index (χ3n) is 3.96. The number of aryl methyl sites for hydroxylation is 2. The molecule has 2 rings (SSSR count). The summed E-state index contributed by atoms with van der Waals surface area (Å²) in [4.78, 5) is 12.6. The van der Waals surface area contributed by atoms with Crippen molar-refractivity contribution in [2.75, 3.05) is 15.9 Å². The quantitative estimate of drug-likeness (QED) is 0.787. The maximum Gasteiger partial charge on any atom is 0.247 e. The molecule has 0 aliphatic carbocycles. The molecular weight excluding hydrogens is 395 g/mol. The molecule has 0 spiro atoms. The number of anilines is 2. The molecule has 0 aromatic heterocycles. The van der Waals surface area contributed by atoms with Crippen LogP contribution >= 0.6 is 23.2 Å². The standard InChI is InChI=1S/C18H20Cl2N2O3S/c1-11-5-6-17(7-12(11)2)22(26(4,24)25)13(3)18(23)21-16-9-14(19)8-15(20)10-16/h5-10,13H,1-4H3,(H,21,23)/t13-/m0/s1. The lowest BCUT2D eigenvalue weighted by atomic mass is 10.1. The van der Waals surface area contributed by atoms with E-state index in [9.17, 15) is 13.2 Å². The fourth-order valence-corrected chi connectivity index (χ4v) is 4.24. The Labute approximate surface area is 164 Å². The molecule has 26 heavy (non-hydrogen) atoms. The Bertz CT molecular complexity index is 925. The lowest BCUT2D eigenvalue weighted by Crippen LogP contribution is -2.45. The van der Waals surface area contributed by atoms with Crippen molar-refractivity contribution >= 4 is 50.5 Å². The predicted molar refractivity (Wildman–Crippen MR) is 108 cm³/mol. The van der Waals surface area contributed by atoms with E-state index in [1.165, 1.54) is 6.92 Å². The van der Waals surface area contributed by atoms with E-state index in [-0.39, 0.29) is 0 Å². The Morgan fingerprint density at radius 3 is 2.12 bits per heavy atom. The Morgan fingerprint density at radius 2 is 1.62 bits per heavy atom. The van der Waals surface area contributed by atoms with Gasteiger partial charge in [-0.3, -0.25) is 9.10 Å². The number of hydrogen-bond acceptors (Lipinski definition) is 3. The summed E-state index contributed by atoms with van der Waals surface area (Å²) in [6, 6.07) is 8.91. The van der Waals surface area contributed by atoms with Gasteiger partial charge in [-0.25, -0.2) is 8.42 Å². The molecule has 0 unspecified atom stereocenters. The number of halogens is 2. The smallest absolute Gasteiger partial charge is 0.247 e. The van der Waals surface area contributed by atoms with E-state index in [2.05, 4.69) is 5.32 Å². The van der Waals surface area contributed by atoms with Gasteiger partial charge in [0.15, 0.2) is 0 Å². The Balaban J connectivity index is 2.35. The molecule has 2 aromatic rings. The monoisotopic (exact) mass is 414 g/mol. The van der Waals surface area contributed by atoms with Crippen molar-refractivity contribution in [3.63, 3.8) is 0 Å². The van der Waals surface area contributed by atoms with Gasteiger partial charge in [-0.05, 0) is 62.2 Å². The number of amides is 1. The van der Waals surface area contributed by atoms with E-state index in [1.807, 2.05) is 19.9 Å². The molecule has 2 aromatic carbocycles. The van der Waals surface area contributed by atoms with Gasteiger partial charge in [-0.15, -0.1) is 0 Å². The SMILES string of the molecule is Cc1ccc(N([C@@H](C)C(=O)Nc2cc(Cl)cc(Cl)c2)S(C)(=O)=O)cc1C. The van der Waals surface area contributed by atoms with E-state index < -0.39 is 22.0 Å². The van der Waals surface area contributed by atoms with Crippen molar-refractivity contribution in [1.82, 2.24) is 0 Å². The van der Waals surface area contributed by atoms with Crippen LogP contribution in [0.2, 0.25) is 10.0 Å². The average Bonchev–Trinajstić information content (AvgIpc) is 2.48. The minimum Gasteiger partial charge on any atom is -0.324 e. The molecule has 5 nitrogen and oxygen atoms in total. The Morgan fingerprint density at radius 1 is 1.04 bits per heavy atom. The maximum absolute atomic E-state index is 12.6. The second-order valence-corrected chi connectivity index (χ2v) is 8.88. The van der Waals surface area contributed by atoms with E-state index >= 15 is 0 Å². The van der Waals surface area contributed by atoms with Gasteiger partial charge in [0.2, 0.25) is 15.9 Å². The molecule has 0 saturated carbocycles. The van der Waals surface area contributed by atoms with Gasteiger partial charge >= 0.3 is 0 Å². The van der Waals surface area contributed by atoms with Crippen molar-refractivity contribution in [2.45, 2.75) is 26.8 Å². The molecule has 0 aliphatic heterocycles. The second-order valence-electron chi connectivity index (χ2n) is 6.15. The highest BCUT2D eigenvalue weighted by Crippen LogP contribution is 2.26. The first-order valence-corrected chi connectivity index (χ1v) is 10.4. The number of nitrogens with one attached hydrogen (secondary N) is 1. The average molecular weight is 415 g/mol. The lowest BCUT2D eigenvalue weighted by molar-refractivity contribution is -0.116. The summed E-state index contributed by atoms with van der Waals surface area (Å²) >= 11 is 11.9. The van der Waals surface area contributed by atoms with Gasteiger partial charge in [0.25, 0.3) is 0 Å². The summed E-state index contributed by atoms with van der Waals surface area (Å²) in [7, 11) is -3.68. The van der Waals surface area contributed by atoms with Crippen LogP contribution in [0, 0.1) is 13.8 Å². The van der Waals surface area contributed by atoms with Crippen molar-refractivity contribution < 1.29 is 13.2 Å². The molecule has 0 aliphatic rings. The maximum atomic E-state index is 12.6. The molecule has 0 saturated heterocycles. The van der Waals surface area contributed by atoms with Crippen LogP contribution in [-0.4, -0.2) is 26.6 Å². The van der Waals surface area contributed by atoms with E-state index in [4.69, 9.17) is 23.2 Å². The van der Waals surface area contributed by atoms with E-state index in [0.29, 0.717) is 21.4 Å². The number of nitrogens with zero attached hydrogens (tertiary/aromatic N) is 1. The summed E-state index contributed by atoms with van der Waals surface area (Å²) < 4.78 is 25.8. The number of carbonyl (C=O) groups is 1. The molecule has 0 radical (unpaired) electrons.